The molecule has 19 heavy (non-hydrogen) atoms. The minimum Gasteiger partial charge on any atom is -0.347 e. The van der Waals surface area contributed by atoms with Gasteiger partial charge in [0.1, 0.15) is 5.82 Å². The summed E-state index contributed by atoms with van der Waals surface area (Å²) in [5.41, 5.74) is 2.45. The fourth-order valence-electron chi connectivity index (χ4n) is 2.60. The molecule has 1 amide bonds. The molecule has 1 aliphatic carbocycles. The summed E-state index contributed by atoms with van der Waals surface area (Å²) < 4.78 is 0. The Kier molecular flexibility index (Phi) is 3.07. The fourth-order valence-corrected chi connectivity index (χ4v) is 2.60. The molecular weight excluding hydrogens is 238 g/mol. The summed E-state index contributed by atoms with van der Waals surface area (Å²) >= 11 is 0. The molecule has 2 N–H and O–H groups in total. The number of H-pyrrole nitrogens is 1. The van der Waals surface area contributed by atoms with Crippen molar-refractivity contribution in [2.24, 2.45) is 0 Å². The average Bonchev–Trinajstić information content (AvgIpc) is 2.91. The van der Waals surface area contributed by atoms with Crippen LogP contribution in [0.4, 0.5) is 0 Å². The van der Waals surface area contributed by atoms with Crippen LogP contribution in [0.25, 0.3) is 0 Å². The summed E-state index contributed by atoms with van der Waals surface area (Å²) in [6, 6.07) is 8.10. The fraction of sp³-hybridized carbons (Fsp3) is 0.333. The van der Waals surface area contributed by atoms with Gasteiger partial charge in [0.25, 0.3) is 0 Å². The van der Waals surface area contributed by atoms with Gasteiger partial charge in [0.2, 0.25) is 5.91 Å². The van der Waals surface area contributed by atoms with E-state index in [0.717, 1.165) is 24.2 Å². The molecule has 2 unspecified atom stereocenters. The number of carbonyl (C=O) groups is 1. The third-order valence-corrected chi connectivity index (χ3v) is 3.75. The molecule has 0 aliphatic heterocycles. The second-order valence-electron chi connectivity index (χ2n) is 4.90. The van der Waals surface area contributed by atoms with E-state index in [1.807, 2.05) is 25.1 Å². The lowest BCUT2D eigenvalue weighted by Crippen LogP contribution is -2.37. The second kappa shape index (κ2) is 4.88. The third kappa shape index (κ3) is 2.14. The highest BCUT2D eigenvalue weighted by Gasteiger charge is 2.32. The van der Waals surface area contributed by atoms with Gasteiger partial charge in [-0.1, -0.05) is 31.2 Å². The lowest BCUT2D eigenvalue weighted by atomic mass is 9.77. The van der Waals surface area contributed by atoms with Crippen molar-refractivity contribution in [3.05, 3.63) is 53.6 Å². The van der Waals surface area contributed by atoms with E-state index in [1.54, 1.807) is 12.4 Å². The maximum absolute atomic E-state index is 12.3. The molecule has 2 aromatic rings. The minimum absolute atomic E-state index is 0.000197. The standard InChI is InChI=1S/C15H17N3O/c1-2-13(14-16-7-8-17-14)18-15(19)12-9-10-5-3-4-6-11(10)12/h3-8,12-13H,2,9H2,1H3,(H,16,17)(H,18,19). The van der Waals surface area contributed by atoms with Crippen molar-refractivity contribution in [3.63, 3.8) is 0 Å². The number of carbonyl (C=O) groups excluding carboxylic acids is 1. The summed E-state index contributed by atoms with van der Waals surface area (Å²) in [7, 11) is 0. The highest BCUT2D eigenvalue weighted by molar-refractivity contribution is 5.87. The van der Waals surface area contributed by atoms with Crippen molar-refractivity contribution < 1.29 is 4.79 Å². The Balaban J connectivity index is 1.70. The van der Waals surface area contributed by atoms with Crippen molar-refractivity contribution in [3.8, 4) is 0 Å². The van der Waals surface area contributed by atoms with E-state index < -0.39 is 0 Å². The van der Waals surface area contributed by atoms with Gasteiger partial charge in [-0.25, -0.2) is 4.98 Å². The molecule has 98 valence electrons. The molecule has 0 fully saturated rings. The van der Waals surface area contributed by atoms with E-state index in [2.05, 4.69) is 21.4 Å². The molecule has 4 nitrogen and oxygen atoms in total. The van der Waals surface area contributed by atoms with Gasteiger partial charge in [0, 0.05) is 12.4 Å². The first kappa shape index (κ1) is 12.0. The van der Waals surface area contributed by atoms with Gasteiger partial charge in [0.15, 0.2) is 0 Å². The van der Waals surface area contributed by atoms with Gasteiger partial charge in [-0.3, -0.25) is 4.79 Å². The predicted octanol–water partition coefficient (Wildman–Crippen LogP) is 2.32. The zero-order valence-corrected chi connectivity index (χ0v) is 10.9. The Hall–Kier alpha value is -2.10. The number of aromatic amines is 1. The molecule has 0 radical (unpaired) electrons. The SMILES string of the molecule is CCC(NC(=O)C1Cc2ccccc21)c1ncc[nH]1. The number of fused-ring (bicyclic) bond motifs is 1. The van der Waals surface area contributed by atoms with Crippen LogP contribution in [0.15, 0.2) is 36.7 Å². The zero-order chi connectivity index (χ0) is 13.2. The molecule has 3 rings (SSSR count). The summed E-state index contributed by atoms with van der Waals surface area (Å²) in [6.45, 7) is 2.04. The van der Waals surface area contributed by atoms with Crippen molar-refractivity contribution in [1.82, 2.24) is 15.3 Å². The highest BCUT2D eigenvalue weighted by Crippen LogP contribution is 2.35. The number of hydrogen-bond donors (Lipinski definition) is 2. The van der Waals surface area contributed by atoms with Gasteiger partial charge < -0.3 is 10.3 Å². The first-order valence-electron chi connectivity index (χ1n) is 6.67. The Labute approximate surface area is 112 Å². The number of benzene rings is 1. The number of nitrogens with one attached hydrogen (secondary N) is 2. The topological polar surface area (TPSA) is 57.8 Å². The van der Waals surface area contributed by atoms with E-state index in [4.69, 9.17) is 0 Å². The molecule has 4 heteroatoms. The molecule has 1 aromatic heterocycles. The number of amides is 1. The van der Waals surface area contributed by atoms with E-state index in [-0.39, 0.29) is 17.9 Å². The Morgan fingerprint density at radius 3 is 3.05 bits per heavy atom. The number of nitrogens with zero attached hydrogens (tertiary/aromatic N) is 1. The van der Waals surface area contributed by atoms with Gasteiger partial charge in [-0.15, -0.1) is 0 Å². The summed E-state index contributed by atoms with van der Waals surface area (Å²) in [6.07, 6.45) is 5.16. The van der Waals surface area contributed by atoms with Crippen LogP contribution in [0, 0.1) is 0 Å². The van der Waals surface area contributed by atoms with Crippen LogP contribution < -0.4 is 5.32 Å². The first-order valence-corrected chi connectivity index (χ1v) is 6.67. The highest BCUT2D eigenvalue weighted by atomic mass is 16.2. The smallest absolute Gasteiger partial charge is 0.228 e. The predicted molar refractivity (Wildman–Crippen MR) is 72.6 cm³/mol. The van der Waals surface area contributed by atoms with Crippen molar-refractivity contribution in [2.75, 3.05) is 0 Å². The van der Waals surface area contributed by atoms with Crippen LogP contribution in [0.2, 0.25) is 0 Å². The molecule has 1 aliphatic rings. The van der Waals surface area contributed by atoms with Gasteiger partial charge >= 0.3 is 0 Å². The molecule has 0 spiro atoms. The Morgan fingerprint density at radius 2 is 2.37 bits per heavy atom. The summed E-state index contributed by atoms with van der Waals surface area (Å²) in [5, 5.41) is 3.08. The third-order valence-electron chi connectivity index (χ3n) is 3.75. The van der Waals surface area contributed by atoms with E-state index in [9.17, 15) is 4.79 Å². The van der Waals surface area contributed by atoms with Crippen molar-refractivity contribution >= 4 is 5.91 Å². The van der Waals surface area contributed by atoms with Crippen molar-refractivity contribution in [1.29, 1.82) is 0 Å². The Bertz CT molecular complexity index is 577. The van der Waals surface area contributed by atoms with Gasteiger partial charge in [0.05, 0.1) is 12.0 Å². The first-order chi connectivity index (χ1) is 9.29. The molecule has 0 bridgehead atoms. The van der Waals surface area contributed by atoms with Crippen LogP contribution in [0.5, 0.6) is 0 Å². The normalized spacial score (nSPS) is 18.3. The minimum atomic E-state index is -0.0322. The lowest BCUT2D eigenvalue weighted by Gasteiger charge is -2.30. The van der Waals surface area contributed by atoms with Gasteiger partial charge in [-0.2, -0.15) is 0 Å². The number of hydrogen-bond acceptors (Lipinski definition) is 2. The van der Waals surface area contributed by atoms with E-state index >= 15 is 0 Å². The molecular formula is C15H17N3O. The average molecular weight is 255 g/mol. The molecule has 0 saturated heterocycles. The molecule has 1 heterocycles. The van der Waals surface area contributed by atoms with Crippen LogP contribution in [0.3, 0.4) is 0 Å². The molecule has 2 atom stereocenters. The lowest BCUT2D eigenvalue weighted by molar-refractivity contribution is -0.123. The maximum Gasteiger partial charge on any atom is 0.228 e. The van der Waals surface area contributed by atoms with Gasteiger partial charge in [-0.05, 0) is 24.0 Å². The number of rotatable bonds is 4. The van der Waals surface area contributed by atoms with Crippen LogP contribution >= 0.6 is 0 Å². The quantitative estimate of drug-likeness (QED) is 0.880. The van der Waals surface area contributed by atoms with E-state index in [0.29, 0.717) is 0 Å². The monoisotopic (exact) mass is 255 g/mol. The number of aromatic nitrogens is 2. The number of imidazole rings is 1. The maximum atomic E-state index is 12.3. The van der Waals surface area contributed by atoms with Crippen LogP contribution in [0.1, 0.15) is 42.3 Å². The molecule has 1 aromatic carbocycles. The van der Waals surface area contributed by atoms with Crippen LogP contribution in [-0.2, 0) is 11.2 Å². The van der Waals surface area contributed by atoms with E-state index in [1.165, 1.54) is 5.56 Å². The van der Waals surface area contributed by atoms with Crippen molar-refractivity contribution in [2.45, 2.75) is 31.7 Å². The second-order valence-corrected chi connectivity index (χ2v) is 4.90. The largest absolute Gasteiger partial charge is 0.347 e. The van der Waals surface area contributed by atoms with Crippen LogP contribution in [-0.4, -0.2) is 15.9 Å². The summed E-state index contributed by atoms with van der Waals surface area (Å²) in [5.74, 6) is 0.922. The zero-order valence-electron chi connectivity index (χ0n) is 10.9. The Morgan fingerprint density at radius 1 is 1.53 bits per heavy atom. The molecule has 0 saturated carbocycles. The summed E-state index contributed by atoms with van der Waals surface area (Å²) in [4.78, 5) is 19.6.